The summed E-state index contributed by atoms with van der Waals surface area (Å²) in [6.07, 6.45) is 16.9. The van der Waals surface area contributed by atoms with Gasteiger partial charge in [0, 0.05) is 5.33 Å². The Morgan fingerprint density at radius 2 is 0.824 bits per heavy atom. The van der Waals surface area contributed by atoms with Gasteiger partial charge in [0.15, 0.2) is 0 Å². The molecule has 1 heteroatoms. The van der Waals surface area contributed by atoms with Crippen molar-refractivity contribution in [1.82, 2.24) is 0 Å². The Bertz CT molecular complexity index is 89.7. The normalized spacial score (nSPS) is 9.88. The number of hydrogen-bond donors (Lipinski definition) is 0. The maximum atomic E-state index is 3.45. The van der Waals surface area contributed by atoms with Crippen LogP contribution in [0.15, 0.2) is 0 Å². The van der Waals surface area contributed by atoms with Crippen LogP contribution in [0.3, 0.4) is 0 Å². The monoisotopic (exact) mass is 306 g/mol. The SMILES string of the molecule is CCCCC.CCCCCCCCCCCBr. The van der Waals surface area contributed by atoms with Crippen LogP contribution in [-0.4, -0.2) is 5.33 Å². The van der Waals surface area contributed by atoms with Gasteiger partial charge in [-0.2, -0.15) is 0 Å². The summed E-state index contributed by atoms with van der Waals surface area (Å²) in [4.78, 5) is 0. The summed E-state index contributed by atoms with van der Waals surface area (Å²) < 4.78 is 0. The molecule has 0 nitrogen and oxygen atoms in total. The van der Waals surface area contributed by atoms with Gasteiger partial charge in [0.25, 0.3) is 0 Å². The molecule has 106 valence electrons. The minimum atomic E-state index is 1.18. The molecule has 0 fully saturated rings. The number of hydrogen-bond acceptors (Lipinski definition) is 0. The minimum Gasteiger partial charge on any atom is -0.0928 e. The zero-order chi connectivity index (χ0) is 13.2. The largest absolute Gasteiger partial charge is 0.0928 e. The van der Waals surface area contributed by atoms with E-state index in [2.05, 4.69) is 36.7 Å². The maximum absolute atomic E-state index is 3.45. The van der Waals surface area contributed by atoms with E-state index in [9.17, 15) is 0 Å². The van der Waals surface area contributed by atoms with E-state index >= 15 is 0 Å². The summed E-state index contributed by atoms with van der Waals surface area (Å²) in [5, 5.41) is 1.18. The van der Waals surface area contributed by atoms with E-state index in [0.29, 0.717) is 0 Å². The van der Waals surface area contributed by atoms with Gasteiger partial charge in [0.05, 0.1) is 0 Å². The predicted molar refractivity (Wildman–Crippen MR) is 86.2 cm³/mol. The highest BCUT2D eigenvalue weighted by molar-refractivity contribution is 9.09. The zero-order valence-corrected chi connectivity index (χ0v) is 14.2. The van der Waals surface area contributed by atoms with E-state index < -0.39 is 0 Å². The zero-order valence-electron chi connectivity index (χ0n) is 12.6. The van der Waals surface area contributed by atoms with Crippen molar-refractivity contribution in [3.05, 3.63) is 0 Å². The number of unbranched alkanes of at least 4 members (excludes halogenated alkanes) is 10. The number of halogens is 1. The van der Waals surface area contributed by atoms with Gasteiger partial charge in [-0.3, -0.25) is 0 Å². The van der Waals surface area contributed by atoms with Crippen molar-refractivity contribution in [3.63, 3.8) is 0 Å². The van der Waals surface area contributed by atoms with Crippen LogP contribution in [0.5, 0.6) is 0 Å². The number of rotatable bonds is 11. The van der Waals surface area contributed by atoms with Crippen LogP contribution in [0.2, 0.25) is 0 Å². The lowest BCUT2D eigenvalue weighted by Gasteiger charge is -1.99. The summed E-state index contributed by atoms with van der Waals surface area (Å²) in [6, 6.07) is 0. The van der Waals surface area contributed by atoms with Gasteiger partial charge in [-0.15, -0.1) is 0 Å². The number of alkyl halides is 1. The van der Waals surface area contributed by atoms with E-state index in [1.165, 1.54) is 82.4 Å². The molecule has 0 aliphatic carbocycles. The maximum Gasteiger partial charge on any atom is 0.00313 e. The van der Waals surface area contributed by atoms with Crippen molar-refractivity contribution < 1.29 is 0 Å². The molecule has 0 aliphatic heterocycles. The Morgan fingerprint density at radius 3 is 1.12 bits per heavy atom. The predicted octanol–water partition coefficient (Wildman–Crippen LogP) is 7.11. The van der Waals surface area contributed by atoms with Crippen molar-refractivity contribution in [1.29, 1.82) is 0 Å². The molecule has 0 N–H and O–H groups in total. The van der Waals surface area contributed by atoms with Gasteiger partial charge in [0.1, 0.15) is 0 Å². The first-order valence-electron chi connectivity index (χ1n) is 7.89. The Hall–Kier alpha value is 0.480. The minimum absolute atomic E-state index is 1.18. The van der Waals surface area contributed by atoms with Crippen LogP contribution in [0.1, 0.15) is 97.8 Å². The molecule has 0 aliphatic rings. The highest BCUT2D eigenvalue weighted by Crippen LogP contribution is 2.09. The second-order valence-electron chi connectivity index (χ2n) is 4.87. The van der Waals surface area contributed by atoms with Crippen molar-refractivity contribution in [2.75, 3.05) is 5.33 Å². The third-order valence-corrected chi connectivity index (χ3v) is 3.51. The highest BCUT2D eigenvalue weighted by Gasteiger charge is 1.90. The van der Waals surface area contributed by atoms with E-state index in [1.807, 2.05) is 0 Å². The lowest BCUT2D eigenvalue weighted by Crippen LogP contribution is -1.81. The van der Waals surface area contributed by atoms with Gasteiger partial charge in [0.2, 0.25) is 0 Å². The van der Waals surface area contributed by atoms with E-state index in [0.717, 1.165) is 0 Å². The molecule has 0 saturated heterocycles. The molecule has 0 aromatic carbocycles. The Kier molecular flexibility index (Phi) is 25.3. The van der Waals surface area contributed by atoms with E-state index in [1.54, 1.807) is 0 Å². The van der Waals surface area contributed by atoms with Gasteiger partial charge in [-0.25, -0.2) is 0 Å². The van der Waals surface area contributed by atoms with Gasteiger partial charge in [-0.1, -0.05) is 107 Å². The standard InChI is InChI=1S/C11H23Br.C5H12/c1-2-3-4-5-6-7-8-9-10-11-12;1-3-5-4-2/h2-11H2,1H3;3-5H2,1-2H3. The van der Waals surface area contributed by atoms with Gasteiger partial charge in [-0.05, 0) is 6.42 Å². The molecule has 0 unspecified atom stereocenters. The molecule has 17 heavy (non-hydrogen) atoms. The molecule has 0 atom stereocenters. The van der Waals surface area contributed by atoms with E-state index in [-0.39, 0.29) is 0 Å². The van der Waals surface area contributed by atoms with Gasteiger partial charge >= 0.3 is 0 Å². The van der Waals surface area contributed by atoms with Crippen LogP contribution in [-0.2, 0) is 0 Å². The highest BCUT2D eigenvalue weighted by atomic mass is 79.9. The van der Waals surface area contributed by atoms with Crippen LogP contribution in [0.25, 0.3) is 0 Å². The summed E-state index contributed by atoms with van der Waals surface area (Å²) in [5.74, 6) is 0. The lowest BCUT2D eigenvalue weighted by molar-refractivity contribution is 0.573. The smallest absolute Gasteiger partial charge is 0.00313 e. The second kappa shape index (κ2) is 21.7. The van der Waals surface area contributed by atoms with Crippen LogP contribution < -0.4 is 0 Å². The summed E-state index contributed by atoms with van der Waals surface area (Å²) in [6.45, 7) is 6.70. The quantitative estimate of drug-likeness (QED) is 0.282. The molecule has 0 spiro atoms. The molecular formula is C16H35Br. The van der Waals surface area contributed by atoms with Crippen molar-refractivity contribution >= 4 is 15.9 Å². The lowest BCUT2D eigenvalue weighted by atomic mass is 10.1. The average molecular weight is 307 g/mol. The van der Waals surface area contributed by atoms with Crippen LogP contribution in [0.4, 0.5) is 0 Å². The Labute approximate surface area is 119 Å². The van der Waals surface area contributed by atoms with Crippen molar-refractivity contribution in [2.24, 2.45) is 0 Å². The second-order valence-corrected chi connectivity index (χ2v) is 5.66. The molecule has 0 radical (unpaired) electrons. The van der Waals surface area contributed by atoms with E-state index in [4.69, 9.17) is 0 Å². The fraction of sp³-hybridized carbons (Fsp3) is 1.00. The van der Waals surface area contributed by atoms with Crippen LogP contribution in [0, 0.1) is 0 Å². The van der Waals surface area contributed by atoms with Crippen LogP contribution >= 0.6 is 15.9 Å². The third kappa shape index (κ3) is 26.2. The fourth-order valence-corrected chi connectivity index (χ4v) is 2.16. The molecule has 0 bridgehead atoms. The molecule has 0 aromatic heterocycles. The third-order valence-electron chi connectivity index (χ3n) is 2.94. The first kappa shape index (κ1) is 19.8. The molecule has 0 saturated carbocycles. The van der Waals surface area contributed by atoms with Gasteiger partial charge < -0.3 is 0 Å². The molecular weight excluding hydrogens is 272 g/mol. The fourth-order valence-electron chi connectivity index (χ4n) is 1.76. The topological polar surface area (TPSA) is 0 Å². The van der Waals surface area contributed by atoms with Crippen molar-refractivity contribution in [3.8, 4) is 0 Å². The Balaban J connectivity index is 0. The molecule has 0 rings (SSSR count). The summed E-state index contributed by atoms with van der Waals surface area (Å²) in [5.41, 5.74) is 0. The summed E-state index contributed by atoms with van der Waals surface area (Å²) in [7, 11) is 0. The first-order chi connectivity index (χ1) is 8.33. The van der Waals surface area contributed by atoms with Crippen molar-refractivity contribution in [2.45, 2.75) is 97.8 Å². The molecule has 0 heterocycles. The molecule has 0 amide bonds. The Morgan fingerprint density at radius 1 is 0.471 bits per heavy atom. The average Bonchev–Trinajstić information content (AvgIpc) is 2.34. The first-order valence-corrected chi connectivity index (χ1v) is 9.01. The summed E-state index contributed by atoms with van der Waals surface area (Å²) >= 11 is 3.45. The molecule has 0 aromatic rings.